The van der Waals surface area contributed by atoms with E-state index in [1.165, 1.54) is 25.8 Å². The second-order valence-corrected chi connectivity index (χ2v) is 2.98. The van der Waals surface area contributed by atoms with Crippen LogP contribution in [-0.4, -0.2) is 13.1 Å². The van der Waals surface area contributed by atoms with Crippen molar-refractivity contribution in [3.05, 3.63) is 23.8 Å². The average Bonchev–Trinajstić information content (AvgIpc) is 2.28. The fraction of sp³-hybridized carbons (Fsp3) is 0.600. The Morgan fingerprint density at radius 1 is 1.36 bits per heavy atom. The Balaban J connectivity index is 2.41. The molecular weight excluding hydrogens is 134 g/mol. The van der Waals surface area contributed by atoms with Crippen molar-refractivity contribution in [3.8, 4) is 0 Å². The lowest BCUT2D eigenvalue weighted by molar-refractivity contribution is 0.710. The van der Waals surface area contributed by atoms with Gasteiger partial charge in [-0.05, 0) is 32.7 Å². The summed E-state index contributed by atoms with van der Waals surface area (Å²) < 4.78 is 0. The van der Waals surface area contributed by atoms with Gasteiger partial charge >= 0.3 is 0 Å². The lowest BCUT2D eigenvalue weighted by Gasteiger charge is -1.99. The van der Waals surface area contributed by atoms with Crippen LogP contribution in [0.4, 0.5) is 0 Å². The van der Waals surface area contributed by atoms with Gasteiger partial charge in [0.05, 0.1) is 0 Å². The van der Waals surface area contributed by atoms with Crippen molar-refractivity contribution in [2.24, 2.45) is 0 Å². The summed E-state index contributed by atoms with van der Waals surface area (Å²) in [6.07, 6.45) is 10.4. The molecule has 1 nitrogen and oxygen atoms in total. The highest BCUT2D eigenvalue weighted by molar-refractivity contribution is 5.14. The van der Waals surface area contributed by atoms with E-state index in [0.717, 1.165) is 6.54 Å². The maximum absolute atomic E-state index is 3.40. The fourth-order valence-corrected chi connectivity index (χ4v) is 1.31. The van der Waals surface area contributed by atoms with Gasteiger partial charge in [-0.2, -0.15) is 0 Å². The summed E-state index contributed by atoms with van der Waals surface area (Å²) in [5.74, 6) is 0. The zero-order chi connectivity index (χ0) is 7.94. The van der Waals surface area contributed by atoms with Gasteiger partial charge in [0.1, 0.15) is 0 Å². The molecular formula is C10H17N. The predicted octanol–water partition coefficient (Wildman–Crippen LogP) is 2.26. The smallest absolute Gasteiger partial charge is 0.0167 e. The summed E-state index contributed by atoms with van der Waals surface area (Å²) >= 11 is 0. The van der Waals surface area contributed by atoms with E-state index in [1.807, 2.05) is 0 Å². The monoisotopic (exact) mass is 151 g/mol. The summed E-state index contributed by atoms with van der Waals surface area (Å²) in [6, 6.07) is 0. The molecule has 0 aromatic carbocycles. The summed E-state index contributed by atoms with van der Waals surface area (Å²) in [6.45, 7) is 4.33. The van der Waals surface area contributed by atoms with Crippen molar-refractivity contribution in [3.63, 3.8) is 0 Å². The number of hydrogen-bond donors (Lipinski definition) is 1. The van der Waals surface area contributed by atoms with E-state index in [0.29, 0.717) is 0 Å². The minimum absolute atomic E-state index is 1.09. The summed E-state index contributed by atoms with van der Waals surface area (Å²) in [4.78, 5) is 0. The maximum atomic E-state index is 3.40. The van der Waals surface area contributed by atoms with Crippen molar-refractivity contribution < 1.29 is 0 Å². The molecule has 0 saturated carbocycles. The highest BCUT2D eigenvalue weighted by atomic mass is 14.8. The molecule has 0 aromatic heterocycles. The maximum Gasteiger partial charge on any atom is 0.0167 e. The van der Waals surface area contributed by atoms with Crippen LogP contribution in [0.25, 0.3) is 0 Å². The molecule has 0 amide bonds. The molecule has 1 fully saturated rings. The van der Waals surface area contributed by atoms with Crippen molar-refractivity contribution >= 4 is 0 Å². The fourth-order valence-electron chi connectivity index (χ4n) is 1.31. The zero-order valence-electron chi connectivity index (χ0n) is 7.27. The Morgan fingerprint density at radius 2 is 2.27 bits per heavy atom. The molecule has 1 heterocycles. The normalized spacial score (nSPS) is 24.3. The van der Waals surface area contributed by atoms with Crippen LogP contribution in [0.15, 0.2) is 23.8 Å². The first-order chi connectivity index (χ1) is 5.43. The lowest BCUT2D eigenvalue weighted by Crippen LogP contribution is -2.14. The van der Waals surface area contributed by atoms with Crippen LogP contribution in [-0.2, 0) is 0 Å². The molecule has 0 spiro atoms. The van der Waals surface area contributed by atoms with Gasteiger partial charge in [0.15, 0.2) is 0 Å². The van der Waals surface area contributed by atoms with Crippen molar-refractivity contribution in [1.29, 1.82) is 0 Å². The third-order valence-corrected chi connectivity index (χ3v) is 1.98. The topological polar surface area (TPSA) is 12.0 Å². The van der Waals surface area contributed by atoms with E-state index in [4.69, 9.17) is 0 Å². The number of hydrogen-bond acceptors (Lipinski definition) is 1. The second kappa shape index (κ2) is 5.14. The van der Waals surface area contributed by atoms with Gasteiger partial charge in [-0.3, -0.25) is 0 Å². The molecule has 0 aromatic rings. The number of rotatable bonds is 1. The van der Waals surface area contributed by atoms with Crippen LogP contribution < -0.4 is 5.32 Å². The molecule has 0 aliphatic carbocycles. The molecule has 1 N–H and O–H groups in total. The molecule has 0 atom stereocenters. The second-order valence-electron chi connectivity index (χ2n) is 2.98. The predicted molar refractivity (Wildman–Crippen MR) is 49.6 cm³/mol. The van der Waals surface area contributed by atoms with Crippen LogP contribution in [0.2, 0.25) is 0 Å². The molecule has 11 heavy (non-hydrogen) atoms. The molecule has 1 aliphatic heterocycles. The Morgan fingerprint density at radius 3 is 3.09 bits per heavy atom. The molecule has 0 radical (unpaired) electrons. The van der Waals surface area contributed by atoms with Gasteiger partial charge in [-0.25, -0.2) is 0 Å². The van der Waals surface area contributed by atoms with Gasteiger partial charge in [0.25, 0.3) is 0 Å². The van der Waals surface area contributed by atoms with Crippen molar-refractivity contribution in [2.75, 3.05) is 13.1 Å². The van der Waals surface area contributed by atoms with Gasteiger partial charge in [0, 0.05) is 6.54 Å². The van der Waals surface area contributed by atoms with Crippen LogP contribution in [0.3, 0.4) is 0 Å². The Bertz CT molecular complexity index is 146. The summed E-state index contributed by atoms with van der Waals surface area (Å²) in [5, 5.41) is 3.40. The van der Waals surface area contributed by atoms with Crippen LogP contribution >= 0.6 is 0 Å². The van der Waals surface area contributed by atoms with Crippen LogP contribution in [0.5, 0.6) is 0 Å². The van der Waals surface area contributed by atoms with E-state index < -0.39 is 0 Å². The number of allylic oxidation sites excluding steroid dienone is 3. The first kappa shape index (κ1) is 8.54. The highest BCUT2D eigenvalue weighted by Gasteiger charge is 2.00. The third kappa shape index (κ3) is 3.38. The first-order valence-corrected chi connectivity index (χ1v) is 4.45. The molecule has 1 aliphatic rings. The quantitative estimate of drug-likeness (QED) is 0.606. The zero-order valence-corrected chi connectivity index (χ0v) is 7.27. The molecule has 62 valence electrons. The summed E-state index contributed by atoms with van der Waals surface area (Å²) in [7, 11) is 0. The van der Waals surface area contributed by atoms with E-state index >= 15 is 0 Å². The van der Waals surface area contributed by atoms with E-state index in [-0.39, 0.29) is 0 Å². The summed E-state index contributed by atoms with van der Waals surface area (Å²) in [5.41, 5.74) is 1.54. The van der Waals surface area contributed by atoms with E-state index in [1.54, 1.807) is 5.57 Å². The first-order valence-electron chi connectivity index (χ1n) is 4.45. The van der Waals surface area contributed by atoms with Crippen molar-refractivity contribution in [1.82, 2.24) is 5.32 Å². The van der Waals surface area contributed by atoms with Gasteiger partial charge in [0.2, 0.25) is 0 Å². The van der Waals surface area contributed by atoms with Gasteiger partial charge in [-0.15, -0.1) is 0 Å². The largest absolute Gasteiger partial charge is 0.313 e. The van der Waals surface area contributed by atoms with Gasteiger partial charge < -0.3 is 5.32 Å². The molecule has 1 heteroatoms. The van der Waals surface area contributed by atoms with E-state index in [9.17, 15) is 0 Å². The third-order valence-electron chi connectivity index (χ3n) is 1.98. The minimum Gasteiger partial charge on any atom is -0.313 e. The Hall–Kier alpha value is -0.560. The highest BCUT2D eigenvalue weighted by Crippen LogP contribution is 2.09. The Kier molecular flexibility index (Phi) is 3.99. The lowest BCUT2D eigenvalue weighted by atomic mass is 10.1. The van der Waals surface area contributed by atoms with E-state index in [2.05, 4.69) is 30.5 Å². The molecule has 0 unspecified atom stereocenters. The van der Waals surface area contributed by atoms with Crippen LogP contribution in [0, 0.1) is 0 Å². The average molecular weight is 151 g/mol. The van der Waals surface area contributed by atoms with Crippen LogP contribution in [0.1, 0.15) is 26.2 Å². The van der Waals surface area contributed by atoms with Gasteiger partial charge in [-0.1, -0.05) is 23.8 Å². The minimum atomic E-state index is 1.09. The molecule has 0 bridgehead atoms. The standard InChI is InChI=1S/C10H17N/c1-2-3-6-10-7-4-5-8-11-9-10/h2-3,6,11H,4-5,7-9H2,1H3/b3-2-,10-6-. The van der Waals surface area contributed by atoms with Crippen molar-refractivity contribution in [2.45, 2.75) is 26.2 Å². The Labute approximate surface area is 69.2 Å². The SMILES string of the molecule is C/C=C\C=C1\CCCCNC1. The number of nitrogens with one attached hydrogen (secondary N) is 1. The molecule has 1 rings (SSSR count). The molecule has 1 saturated heterocycles.